The van der Waals surface area contributed by atoms with Crippen molar-refractivity contribution in [3.63, 3.8) is 0 Å². The number of hydrogen-bond donors (Lipinski definition) is 1. The van der Waals surface area contributed by atoms with Gasteiger partial charge in [0.25, 0.3) is 0 Å². The normalized spacial score (nSPS) is 21.9. The van der Waals surface area contributed by atoms with Crippen LogP contribution in [-0.4, -0.2) is 61.6 Å². The standard InChI is InChI=1S/C21H34N4/c1-2-22-21(23-12-8-15-24-13-6-7-14-24)25-16-11-20(18-25)17-19-9-4-3-5-10-19/h3-5,9-10,20H,2,6-8,11-18H2,1H3,(H,22,23). The Balaban J connectivity index is 1.45. The molecule has 138 valence electrons. The second-order valence-electron chi connectivity index (χ2n) is 7.43. The zero-order valence-electron chi connectivity index (χ0n) is 15.8. The van der Waals surface area contributed by atoms with Gasteiger partial charge in [-0.25, -0.2) is 0 Å². The van der Waals surface area contributed by atoms with Crippen LogP contribution in [0.5, 0.6) is 0 Å². The van der Waals surface area contributed by atoms with Gasteiger partial charge in [-0.15, -0.1) is 0 Å². The number of benzene rings is 1. The molecule has 2 fully saturated rings. The van der Waals surface area contributed by atoms with Gasteiger partial charge in [0.15, 0.2) is 5.96 Å². The van der Waals surface area contributed by atoms with E-state index in [0.29, 0.717) is 0 Å². The molecule has 0 radical (unpaired) electrons. The number of nitrogens with zero attached hydrogens (tertiary/aromatic N) is 3. The maximum absolute atomic E-state index is 4.90. The first-order valence-corrected chi connectivity index (χ1v) is 10.1. The van der Waals surface area contributed by atoms with Crippen LogP contribution >= 0.6 is 0 Å². The Labute approximate surface area is 153 Å². The van der Waals surface area contributed by atoms with Gasteiger partial charge in [0.2, 0.25) is 0 Å². The van der Waals surface area contributed by atoms with E-state index in [9.17, 15) is 0 Å². The molecule has 1 atom stereocenters. The molecular weight excluding hydrogens is 308 g/mol. The molecule has 0 spiro atoms. The molecule has 2 saturated heterocycles. The van der Waals surface area contributed by atoms with Crippen LogP contribution in [-0.2, 0) is 6.42 Å². The zero-order chi connectivity index (χ0) is 17.3. The lowest BCUT2D eigenvalue weighted by Gasteiger charge is -2.22. The summed E-state index contributed by atoms with van der Waals surface area (Å²) in [6.45, 7) is 10.1. The van der Waals surface area contributed by atoms with Crippen LogP contribution in [0.1, 0.15) is 38.2 Å². The highest BCUT2D eigenvalue weighted by Crippen LogP contribution is 2.21. The fourth-order valence-electron chi connectivity index (χ4n) is 4.05. The molecule has 0 aromatic heterocycles. The van der Waals surface area contributed by atoms with Crippen molar-refractivity contribution in [3.05, 3.63) is 35.9 Å². The van der Waals surface area contributed by atoms with E-state index in [1.54, 1.807) is 0 Å². The second kappa shape index (κ2) is 9.81. The maximum atomic E-state index is 4.90. The lowest BCUT2D eigenvalue weighted by Crippen LogP contribution is -2.40. The van der Waals surface area contributed by atoms with Gasteiger partial charge in [0.1, 0.15) is 0 Å². The number of aliphatic imine (C=N–C) groups is 1. The first-order chi connectivity index (χ1) is 12.3. The van der Waals surface area contributed by atoms with Gasteiger partial charge in [-0.05, 0) is 70.1 Å². The van der Waals surface area contributed by atoms with Crippen LogP contribution in [0.15, 0.2) is 35.3 Å². The second-order valence-corrected chi connectivity index (χ2v) is 7.43. The van der Waals surface area contributed by atoms with Crippen molar-refractivity contribution in [2.45, 2.75) is 39.0 Å². The summed E-state index contributed by atoms with van der Waals surface area (Å²) in [6.07, 6.45) is 6.39. The highest BCUT2D eigenvalue weighted by Gasteiger charge is 2.24. The average molecular weight is 343 g/mol. The van der Waals surface area contributed by atoms with Crippen molar-refractivity contribution in [1.82, 2.24) is 15.1 Å². The fraction of sp³-hybridized carbons (Fsp3) is 0.667. The van der Waals surface area contributed by atoms with E-state index in [2.05, 4.69) is 52.4 Å². The fourth-order valence-corrected chi connectivity index (χ4v) is 4.05. The molecule has 4 nitrogen and oxygen atoms in total. The minimum Gasteiger partial charge on any atom is -0.357 e. The average Bonchev–Trinajstić information content (AvgIpc) is 3.31. The largest absolute Gasteiger partial charge is 0.357 e. The van der Waals surface area contributed by atoms with Crippen molar-refractivity contribution < 1.29 is 0 Å². The Hall–Kier alpha value is -1.55. The molecule has 0 bridgehead atoms. The first-order valence-electron chi connectivity index (χ1n) is 10.1. The third-order valence-electron chi connectivity index (χ3n) is 5.38. The van der Waals surface area contributed by atoms with Gasteiger partial charge < -0.3 is 15.1 Å². The maximum Gasteiger partial charge on any atom is 0.193 e. The molecule has 0 saturated carbocycles. The van der Waals surface area contributed by atoms with Gasteiger partial charge in [0.05, 0.1) is 0 Å². The summed E-state index contributed by atoms with van der Waals surface area (Å²) in [7, 11) is 0. The Morgan fingerprint density at radius 2 is 1.96 bits per heavy atom. The van der Waals surface area contributed by atoms with Crippen LogP contribution < -0.4 is 5.32 Å². The zero-order valence-corrected chi connectivity index (χ0v) is 15.8. The first kappa shape index (κ1) is 18.2. The van der Waals surface area contributed by atoms with Crippen LogP contribution in [0, 0.1) is 5.92 Å². The molecule has 1 unspecified atom stereocenters. The molecule has 2 heterocycles. The number of rotatable bonds is 7. The van der Waals surface area contributed by atoms with Crippen LogP contribution in [0.3, 0.4) is 0 Å². The molecule has 25 heavy (non-hydrogen) atoms. The van der Waals surface area contributed by atoms with E-state index in [-0.39, 0.29) is 0 Å². The summed E-state index contributed by atoms with van der Waals surface area (Å²) in [5, 5.41) is 3.50. The lowest BCUT2D eigenvalue weighted by molar-refractivity contribution is 0.335. The molecule has 4 heteroatoms. The summed E-state index contributed by atoms with van der Waals surface area (Å²) in [5.74, 6) is 1.87. The van der Waals surface area contributed by atoms with Crippen LogP contribution in [0.4, 0.5) is 0 Å². The molecule has 2 aliphatic rings. The Bertz CT molecular complexity index is 522. The lowest BCUT2D eigenvalue weighted by atomic mass is 9.99. The van der Waals surface area contributed by atoms with Crippen molar-refractivity contribution in [2.24, 2.45) is 10.9 Å². The van der Waals surface area contributed by atoms with E-state index in [1.807, 2.05) is 0 Å². The molecular formula is C21H34N4. The van der Waals surface area contributed by atoms with Gasteiger partial charge in [-0.1, -0.05) is 30.3 Å². The van der Waals surface area contributed by atoms with E-state index in [1.165, 1.54) is 57.3 Å². The third kappa shape index (κ3) is 5.74. The topological polar surface area (TPSA) is 30.9 Å². The molecule has 2 aliphatic heterocycles. The number of likely N-dealkylation sites (tertiary alicyclic amines) is 2. The predicted octanol–water partition coefficient (Wildman–Crippen LogP) is 3.00. The molecule has 3 rings (SSSR count). The number of guanidine groups is 1. The van der Waals surface area contributed by atoms with Crippen molar-refractivity contribution in [2.75, 3.05) is 45.8 Å². The van der Waals surface area contributed by atoms with Crippen molar-refractivity contribution in [1.29, 1.82) is 0 Å². The Morgan fingerprint density at radius 1 is 1.16 bits per heavy atom. The molecule has 0 amide bonds. The molecule has 0 aliphatic carbocycles. The smallest absolute Gasteiger partial charge is 0.193 e. The highest BCUT2D eigenvalue weighted by molar-refractivity contribution is 5.80. The van der Waals surface area contributed by atoms with Gasteiger partial charge in [0, 0.05) is 26.2 Å². The summed E-state index contributed by atoms with van der Waals surface area (Å²) >= 11 is 0. The predicted molar refractivity (Wildman–Crippen MR) is 106 cm³/mol. The van der Waals surface area contributed by atoms with Crippen LogP contribution in [0.2, 0.25) is 0 Å². The van der Waals surface area contributed by atoms with E-state index in [0.717, 1.165) is 38.1 Å². The van der Waals surface area contributed by atoms with Crippen molar-refractivity contribution >= 4 is 5.96 Å². The minimum atomic E-state index is 0.746. The van der Waals surface area contributed by atoms with E-state index >= 15 is 0 Å². The summed E-state index contributed by atoms with van der Waals surface area (Å²) in [4.78, 5) is 9.95. The monoisotopic (exact) mass is 342 g/mol. The van der Waals surface area contributed by atoms with E-state index in [4.69, 9.17) is 4.99 Å². The highest BCUT2D eigenvalue weighted by atomic mass is 15.3. The summed E-state index contributed by atoms with van der Waals surface area (Å²) < 4.78 is 0. The Morgan fingerprint density at radius 3 is 2.72 bits per heavy atom. The Kier molecular flexibility index (Phi) is 7.16. The summed E-state index contributed by atoms with van der Waals surface area (Å²) in [6, 6.07) is 10.9. The minimum absolute atomic E-state index is 0.746. The van der Waals surface area contributed by atoms with E-state index < -0.39 is 0 Å². The van der Waals surface area contributed by atoms with Crippen molar-refractivity contribution in [3.8, 4) is 0 Å². The SMILES string of the molecule is CCNC(=NCCCN1CCCC1)N1CCC(Cc2ccccc2)C1. The molecule has 1 aromatic rings. The quantitative estimate of drug-likeness (QED) is 0.469. The molecule has 1 N–H and O–H groups in total. The number of nitrogens with one attached hydrogen (secondary N) is 1. The van der Waals surface area contributed by atoms with Gasteiger partial charge in [-0.3, -0.25) is 4.99 Å². The third-order valence-corrected chi connectivity index (χ3v) is 5.38. The summed E-state index contributed by atoms with van der Waals surface area (Å²) in [5.41, 5.74) is 1.46. The van der Waals surface area contributed by atoms with Gasteiger partial charge in [-0.2, -0.15) is 0 Å². The number of hydrogen-bond acceptors (Lipinski definition) is 2. The van der Waals surface area contributed by atoms with Crippen LogP contribution in [0.25, 0.3) is 0 Å². The van der Waals surface area contributed by atoms with Gasteiger partial charge >= 0.3 is 0 Å². The molecule has 1 aromatic carbocycles.